The first-order valence-electron chi connectivity index (χ1n) is 4.53. The molecule has 1 saturated carbocycles. The molecule has 0 atom stereocenters. The highest BCUT2D eigenvalue weighted by atomic mass is 19.1. The summed E-state index contributed by atoms with van der Waals surface area (Å²) in [6.45, 7) is -0.479. The molecule has 0 spiro atoms. The topological polar surface area (TPSA) is 13.1 Å². The Morgan fingerprint density at radius 2 is 2.17 bits per heavy atom. The van der Waals surface area contributed by atoms with Crippen molar-refractivity contribution in [3.8, 4) is 0 Å². The lowest BCUT2D eigenvalue weighted by molar-refractivity contribution is 0.393. The Morgan fingerprint density at radius 3 is 2.75 bits per heavy atom. The first kappa shape index (κ1) is 7.84. The molecule has 1 aliphatic rings. The van der Waals surface area contributed by atoms with E-state index in [-0.39, 0.29) is 0 Å². The molecule has 0 N–H and O–H groups in total. The molecule has 0 radical (unpaired) electrons. The predicted octanol–water partition coefficient (Wildman–Crippen LogP) is 3.41. The van der Waals surface area contributed by atoms with Crippen LogP contribution in [0.15, 0.2) is 16.7 Å². The highest BCUT2D eigenvalue weighted by Gasteiger charge is 2.18. The van der Waals surface area contributed by atoms with E-state index < -0.39 is 6.67 Å². The average molecular weight is 168 g/mol. The molecule has 1 aromatic rings. The summed E-state index contributed by atoms with van der Waals surface area (Å²) in [5, 5.41) is 0. The van der Waals surface area contributed by atoms with Crippen LogP contribution in [0.1, 0.15) is 42.9 Å². The van der Waals surface area contributed by atoms with E-state index in [1.54, 1.807) is 6.26 Å². The normalized spacial score (nSPS) is 18.8. The van der Waals surface area contributed by atoms with E-state index in [0.717, 1.165) is 0 Å². The highest BCUT2D eigenvalue weighted by molar-refractivity contribution is 5.18. The molecule has 0 aromatic carbocycles. The molecule has 0 bridgehead atoms. The van der Waals surface area contributed by atoms with Gasteiger partial charge in [-0.15, -0.1) is 0 Å². The van der Waals surface area contributed by atoms with E-state index in [9.17, 15) is 4.39 Å². The fourth-order valence-corrected chi connectivity index (χ4v) is 1.94. The Bertz CT molecular complexity index is 248. The summed E-state index contributed by atoms with van der Waals surface area (Å²) >= 11 is 0. The van der Waals surface area contributed by atoms with Gasteiger partial charge in [0, 0.05) is 0 Å². The molecule has 0 aliphatic heterocycles. The largest absolute Gasteiger partial charge is 0.466 e. The summed E-state index contributed by atoms with van der Waals surface area (Å²) in [5.74, 6) is 1.10. The van der Waals surface area contributed by atoms with Gasteiger partial charge in [0.1, 0.15) is 12.4 Å². The second-order valence-corrected chi connectivity index (χ2v) is 3.46. The lowest BCUT2D eigenvalue weighted by Crippen LogP contribution is -1.87. The van der Waals surface area contributed by atoms with Crippen LogP contribution >= 0.6 is 0 Å². The fourth-order valence-electron chi connectivity index (χ4n) is 1.94. The number of hydrogen-bond donors (Lipinski definition) is 0. The zero-order valence-corrected chi connectivity index (χ0v) is 7.05. The highest BCUT2D eigenvalue weighted by Crippen LogP contribution is 2.34. The molecule has 1 heterocycles. The molecular weight excluding hydrogens is 155 g/mol. The van der Waals surface area contributed by atoms with Gasteiger partial charge < -0.3 is 4.42 Å². The Labute approximate surface area is 71.6 Å². The van der Waals surface area contributed by atoms with Crippen LogP contribution in [0.25, 0.3) is 0 Å². The van der Waals surface area contributed by atoms with Gasteiger partial charge in [0.25, 0.3) is 0 Å². The average Bonchev–Trinajstić information content (AvgIpc) is 2.75. The summed E-state index contributed by atoms with van der Waals surface area (Å²) < 4.78 is 17.2. The zero-order valence-electron chi connectivity index (χ0n) is 7.05. The quantitative estimate of drug-likeness (QED) is 0.659. The van der Waals surface area contributed by atoms with Crippen molar-refractivity contribution in [1.82, 2.24) is 0 Å². The van der Waals surface area contributed by atoms with E-state index in [4.69, 9.17) is 4.42 Å². The number of alkyl halides is 1. The van der Waals surface area contributed by atoms with Crippen LogP contribution in [0.3, 0.4) is 0 Å². The van der Waals surface area contributed by atoms with Crippen molar-refractivity contribution in [3.63, 3.8) is 0 Å². The first-order chi connectivity index (χ1) is 5.90. The lowest BCUT2D eigenvalue weighted by atomic mass is 10.0. The monoisotopic (exact) mass is 168 g/mol. The summed E-state index contributed by atoms with van der Waals surface area (Å²) in [5.41, 5.74) is 1.19. The molecule has 66 valence electrons. The van der Waals surface area contributed by atoms with Gasteiger partial charge in [-0.05, 0) is 30.4 Å². The predicted molar refractivity (Wildman–Crippen MR) is 44.7 cm³/mol. The van der Waals surface area contributed by atoms with Gasteiger partial charge in [0.15, 0.2) is 0 Å². The van der Waals surface area contributed by atoms with Gasteiger partial charge in [-0.25, -0.2) is 4.39 Å². The van der Waals surface area contributed by atoms with Crippen molar-refractivity contribution in [2.75, 3.05) is 0 Å². The standard InChI is InChI=1S/C10H13FO/c11-6-10-5-9(7-12-10)8-3-1-2-4-8/h5,7-8H,1-4,6H2. The zero-order chi connectivity index (χ0) is 8.39. The molecule has 1 nitrogen and oxygen atoms in total. The summed E-state index contributed by atoms with van der Waals surface area (Å²) in [7, 11) is 0. The van der Waals surface area contributed by atoms with Crippen molar-refractivity contribution in [1.29, 1.82) is 0 Å². The van der Waals surface area contributed by atoms with Gasteiger partial charge >= 0.3 is 0 Å². The van der Waals surface area contributed by atoms with E-state index in [1.165, 1.54) is 31.2 Å². The molecule has 2 heteroatoms. The minimum Gasteiger partial charge on any atom is -0.466 e. The maximum Gasteiger partial charge on any atom is 0.147 e. The van der Waals surface area contributed by atoms with Crippen LogP contribution in [-0.2, 0) is 6.67 Å². The molecule has 0 saturated heterocycles. The SMILES string of the molecule is FCc1cc(C2CCCC2)co1. The molecule has 0 unspecified atom stereocenters. The minimum atomic E-state index is -0.479. The van der Waals surface area contributed by atoms with Gasteiger partial charge in [0.05, 0.1) is 6.26 Å². The van der Waals surface area contributed by atoms with Gasteiger partial charge in [-0.2, -0.15) is 0 Å². The second kappa shape index (κ2) is 3.30. The Morgan fingerprint density at radius 1 is 1.42 bits per heavy atom. The van der Waals surface area contributed by atoms with Crippen molar-refractivity contribution in [2.45, 2.75) is 38.3 Å². The van der Waals surface area contributed by atoms with Crippen molar-refractivity contribution in [3.05, 3.63) is 23.7 Å². The summed E-state index contributed by atoms with van der Waals surface area (Å²) in [4.78, 5) is 0. The van der Waals surface area contributed by atoms with E-state index >= 15 is 0 Å². The Kier molecular flexibility index (Phi) is 2.15. The maximum atomic E-state index is 12.1. The molecule has 1 aromatic heterocycles. The smallest absolute Gasteiger partial charge is 0.147 e. The van der Waals surface area contributed by atoms with E-state index in [0.29, 0.717) is 11.7 Å². The Hall–Kier alpha value is -0.790. The molecule has 1 fully saturated rings. The van der Waals surface area contributed by atoms with Crippen LogP contribution in [0.2, 0.25) is 0 Å². The van der Waals surface area contributed by atoms with Crippen LogP contribution in [0.4, 0.5) is 4.39 Å². The third-order valence-electron chi connectivity index (χ3n) is 2.63. The summed E-state index contributed by atoms with van der Waals surface area (Å²) in [6.07, 6.45) is 6.81. The maximum absolute atomic E-state index is 12.1. The van der Waals surface area contributed by atoms with Crippen LogP contribution in [0, 0.1) is 0 Å². The fraction of sp³-hybridized carbons (Fsp3) is 0.600. The van der Waals surface area contributed by atoms with Gasteiger partial charge in [0.2, 0.25) is 0 Å². The number of halogens is 1. The number of furan rings is 1. The summed E-state index contributed by atoms with van der Waals surface area (Å²) in [6, 6.07) is 1.86. The van der Waals surface area contributed by atoms with E-state index in [2.05, 4.69) is 0 Å². The minimum absolute atomic E-state index is 0.469. The third-order valence-corrected chi connectivity index (χ3v) is 2.63. The molecular formula is C10H13FO. The number of rotatable bonds is 2. The van der Waals surface area contributed by atoms with Crippen molar-refractivity contribution >= 4 is 0 Å². The first-order valence-corrected chi connectivity index (χ1v) is 4.53. The van der Waals surface area contributed by atoms with Gasteiger partial charge in [-0.1, -0.05) is 12.8 Å². The van der Waals surface area contributed by atoms with E-state index in [1.807, 2.05) is 6.07 Å². The van der Waals surface area contributed by atoms with Crippen molar-refractivity contribution < 1.29 is 8.81 Å². The van der Waals surface area contributed by atoms with Crippen LogP contribution < -0.4 is 0 Å². The van der Waals surface area contributed by atoms with Gasteiger partial charge in [-0.3, -0.25) is 0 Å². The number of hydrogen-bond acceptors (Lipinski definition) is 1. The lowest BCUT2D eigenvalue weighted by Gasteiger charge is -2.02. The Balaban J connectivity index is 2.11. The van der Waals surface area contributed by atoms with Crippen LogP contribution in [-0.4, -0.2) is 0 Å². The molecule has 1 aliphatic carbocycles. The second-order valence-electron chi connectivity index (χ2n) is 3.46. The molecule has 2 rings (SSSR count). The molecule has 0 amide bonds. The van der Waals surface area contributed by atoms with Crippen molar-refractivity contribution in [2.24, 2.45) is 0 Å². The van der Waals surface area contributed by atoms with Crippen LogP contribution in [0.5, 0.6) is 0 Å². The molecule has 12 heavy (non-hydrogen) atoms. The third kappa shape index (κ3) is 1.38.